The topological polar surface area (TPSA) is 41.6 Å². The first-order valence-electron chi connectivity index (χ1n) is 6.50. The van der Waals surface area contributed by atoms with E-state index in [-0.39, 0.29) is 30.2 Å². The van der Waals surface area contributed by atoms with E-state index in [1.807, 2.05) is 7.05 Å². The summed E-state index contributed by atoms with van der Waals surface area (Å²) < 4.78 is 19.3. The number of morpholine rings is 1. The van der Waals surface area contributed by atoms with Crippen molar-refractivity contribution in [2.24, 2.45) is 0 Å². The summed E-state index contributed by atoms with van der Waals surface area (Å²) in [5, 5.41) is 2.95. The average Bonchev–Trinajstić information content (AvgIpc) is 2.45. The minimum Gasteiger partial charge on any atom is -0.370 e. The SMILES string of the molecule is CNCCC(=O)N1CCOC(c2ccccc2F)C1.Cl. The lowest BCUT2D eigenvalue weighted by molar-refractivity contribution is -0.139. The molecule has 1 unspecified atom stereocenters. The van der Waals surface area contributed by atoms with Gasteiger partial charge in [0.05, 0.1) is 13.2 Å². The highest BCUT2D eigenvalue weighted by Gasteiger charge is 2.26. The van der Waals surface area contributed by atoms with Gasteiger partial charge in [0.15, 0.2) is 0 Å². The molecule has 0 bridgehead atoms. The first-order valence-corrected chi connectivity index (χ1v) is 6.50. The van der Waals surface area contributed by atoms with Crippen molar-refractivity contribution in [3.05, 3.63) is 35.6 Å². The Balaban J connectivity index is 0.00000200. The van der Waals surface area contributed by atoms with E-state index in [0.717, 1.165) is 0 Å². The number of carbonyl (C=O) groups is 1. The molecule has 1 aromatic rings. The van der Waals surface area contributed by atoms with Crippen molar-refractivity contribution >= 4 is 18.3 Å². The summed E-state index contributed by atoms with van der Waals surface area (Å²) in [6, 6.07) is 6.56. The van der Waals surface area contributed by atoms with Crippen LogP contribution < -0.4 is 5.32 Å². The third-order valence-corrected chi connectivity index (χ3v) is 3.26. The van der Waals surface area contributed by atoms with Crippen LogP contribution in [0.4, 0.5) is 4.39 Å². The first-order chi connectivity index (χ1) is 9.22. The van der Waals surface area contributed by atoms with Crippen molar-refractivity contribution in [1.82, 2.24) is 10.2 Å². The van der Waals surface area contributed by atoms with Crippen molar-refractivity contribution in [3.8, 4) is 0 Å². The Kier molecular flexibility index (Phi) is 6.91. The maximum Gasteiger partial charge on any atom is 0.224 e. The Hall–Kier alpha value is -1.17. The monoisotopic (exact) mass is 302 g/mol. The molecule has 1 atom stereocenters. The number of hydrogen-bond donors (Lipinski definition) is 1. The molecule has 0 saturated carbocycles. The molecule has 1 saturated heterocycles. The van der Waals surface area contributed by atoms with Gasteiger partial charge in [-0.2, -0.15) is 0 Å². The fraction of sp³-hybridized carbons (Fsp3) is 0.500. The van der Waals surface area contributed by atoms with Crippen molar-refractivity contribution in [2.45, 2.75) is 12.5 Å². The summed E-state index contributed by atoms with van der Waals surface area (Å²) >= 11 is 0. The third-order valence-electron chi connectivity index (χ3n) is 3.26. The fourth-order valence-electron chi connectivity index (χ4n) is 2.19. The molecule has 1 amide bonds. The zero-order valence-corrected chi connectivity index (χ0v) is 12.3. The smallest absolute Gasteiger partial charge is 0.224 e. The first kappa shape index (κ1) is 16.9. The van der Waals surface area contributed by atoms with Gasteiger partial charge in [-0.15, -0.1) is 12.4 Å². The van der Waals surface area contributed by atoms with E-state index >= 15 is 0 Å². The lowest BCUT2D eigenvalue weighted by Gasteiger charge is -2.33. The van der Waals surface area contributed by atoms with Crippen LogP contribution in [0.25, 0.3) is 0 Å². The Morgan fingerprint density at radius 1 is 1.50 bits per heavy atom. The van der Waals surface area contributed by atoms with Gasteiger partial charge in [0.1, 0.15) is 11.9 Å². The van der Waals surface area contributed by atoms with E-state index < -0.39 is 0 Å². The van der Waals surface area contributed by atoms with Crippen molar-refractivity contribution in [3.63, 3.8) is 0 Å². The van der Waals surface area contributed by atoms with Crippen molar-refractivity contribution in [1.29, 1.82) is 0 Å². The van der Waals surface area contributed by atoms with Crippen LogP contribution in [0.2, 0.25) is 0 Å². The van der Waals surface area contributed by atoms with E-state index in [2.05, 4.69) is 5.32 Å². The van der Waals surface area contributed by atoms with Crippen LogP contribution >= 0.6 is 12.4 Å². The van der Waals surface area contributed by atoms with Gasteiger partial charge in [-0.05, 0) is 13.1 Å². The zero-order chi connectivity index (χ0) is 13.7. The van der Waals surface area contributed by atoms with Crippen LogP contribution in [0, 0.1) is 5.82 Å². The molecular weight excluding hydrogens is 283 g/mol. The average molecular weight is 303 g/mol. The number of carbonyl (C=O) groups excluding carboxylic acids is 1. The van der Waals surface area contributed by atoms with Gasteiger partial charge in [-0.1, -0.05) is 18.2 Å². The van der Waals surface area contributed by atoms with E-state index in [1.54, 1.807) is 23.1 Å². The second-order valence-electron chi connectivity index (χ2n) is 4.57. The normalized spacial score (nSPS) is 18.5. The molecule has 1 aromatic carbocycles. The molecule has 0 aliphatic carbocycles. The third kappa shape index (κ3) is 4.16. The highest BCUT2D eigenvalue weighted by Crippen LogP contribution is 2.24. The molecule has 1 N–H and O–H groups in total. The van der Waals surface area contributed by atoms with Gasteiger partial charge in [0.2, 0.25) is 5.91 Å². The number of benzene rings is 1. The Labute approximate surface area is 124 Å². The molecule has 1 heterocycles. The number of halogens is 2. The van der Waals surface area contributed by atoms with Crippen LogP contribution in [0.15, 0.2) is 24.3 Å². The lowest BCUT2D eigenvalue weighted by atomic mass is 10.1. The summed E-state index contributed by atoms with van der Waals surface area (Å²) in [6.07, 6.45) is 0.0917. The molecule has 0 aromatic heterocycles. The van der Waals surface area contributed by atoms with Gasteiger partial charge in [0, 0.05) is 25.1 Å². The Bertz CT molecular complexity index is 445. The molecule has 6 heteroatoms. The molecular formula is C14H20ClFN2O2. The standard InChI is InChI=1S/C14H19FN2O2.ClH/c1-16-7-6-14(18)17-8-9-19-13(10-17)11-4-2-3-5-12(11)15;/h2-5,13,16H,6-10H2,1H3;1H. The summed E-state index contributed by atoms with van der Waals surface area (Å²) in [6.45, 7) is 2.10. The molecule has 112 valence electrons. The van der Waals surface area contributed by atoms with Gasteiger partial charge in [-0.3, -0.25) is 4.79 Å². The van der Waals surface area contributed by atoms with Gasteiger partial charge in [-0.25, -0.2) is 4.39 Å². The largest absolute Gasteiger partial charge is 0.370 e. The maximum absolute atomic E-state index is 13.7. The minimum absolute atomic E-state index is 0. The number of amides is 1. The Morgan fingerprint density at radius 2 is 2.25 bits per heavy atom. The van der Waals surface area contributed by atoms with E-state index in [0.29, 0.717) is 38.2 Å². The molecule has 1 fully saturated rings. The van der Waals surface area contributed by atoms with Crippen molar-refractivity contribution in [2.75, 3.05) is 33.3 Å². The number of ether oxygens (including phenoxy) is 1. The van der Waals surface area contributed by atoms with Crippen LogP contribution in [0.1, 0.15) is 18.1 Å². The zero-order valence-electron chi connectivity index (χ0n) is 11.5. The van der Waals surface area contributed by atoms with Gasteiger partial charge in [0.25, 0.3) is 0 Å². The predicted molar refractivity (Wildman–Crippen MR) is 77.5 cm³/mol. The molecule has 0 spiro atoms. The molecule has 0 radical (unpaired) electrons. The molecule has 4 nitrogen and oxygen atoms in total. The Morgan fingerprint density at radius 3 is 2.95 bits per heavy atom. The molecule has 2 rings (SSSR count). The van der Waals surface area contributed by atoms with Crippen LogP contribution in [-0.2, 0) is 9.53 Å². The quantitative estimate of drug-likeness (QED) is 0.921. The van der Waals surface area contributed by atoms with E-state index in [9.17, 15) is 9.18 Å². The van der Waals surface area contributed by atoms with Crippen LogP contribution in [-0.4, -0.2) is 44.1 Å². The second-order valence-corrected chi connectivity index (χ2v) is 4.57. The van der Waals surface area contributed by atoms with E-state index in [1.165, 1.54) is 6.07 Å². The summed E-state index contributed by atoms with van der Waals surface area (Å²) in [5.74, 6) is -0.198. The number of hydrogen-bond acceptors (Lipinski definition) is 3. The summed E-state index contributed by atoms with van der Waals surface area (Å²) in [5.41, 5.74) is 0.522. The van der Waals surface area contributed by atoms with Crippen molar-refractivity contribution < 1.29 is 13.9 Å². The maximum atomic E-state index is 13.7. The molecule has 20 heavy (non-hydrogen) atoms. The molecule has 1 aliphatic heterocycles. The number of nitrogens with one attached hydrogen (secondary N) is 1. The second kappa shape index (κ2) is 8.19. The van der Waals surface area contributed by atoms with Crippen LogP contribution in [0.3, 0.4) is 0 Å². The summed E-state index contributed by atoms with van der Waals surface area (Å²) in [7, 11) is 1.81. The van der Waals surface area contributed by atoms with E-state index in [4.69, 9.17) is 4.74 Å². The number of nitrogens with zero attached hydrogens (tertiary/aromatic N) is 1. The highest BCUT2D eigenvalue weighted by molar-refractivity contribution is 5.85. The predicted octanol–water partition coefficient (Wildman–Crippen LogP) is 1.76. The lowest BCUT2D eigenvalue weighted by Crippen LogP contribution is -2.43. The van der Waals surface area contributed by atoms with Gasteiger partial charge >= 0.3 is 0 Å². The van der Waals surface area contributed by atoms with Crippen LogP contribution in [0.5, 0.6) is 0 Å². The highest BCUT2D eigenvalue weighted by atomic mass is 35.5. The minimum atomic E-state index is -0.367. The molecule has 1 aliphatic rings. The summed E-state index contributed by atoms with van der Waals surface area (Å²) in [4.78, 5) is 13.7. The van der Waals surface area contributed by atoms with Gasteiger partial charge < -0.3 is 15.0 Å². The number of rotatable bonds is 4. The fourth-order valence-corrected chi connectivity index (χ4v) is 2.19.